The van der Waals surface area contributed by atoms with Gasteiger partial charge >= 0.3 is 0 Å². The second kappa shape index (κ2) is 12.8. The molecule has 45 heavy (non-hydrogen) atoms. The molecule has 1 aromatic carbocycles. The van der Waals surface area contributed by atoms with Gasteiger partial charge in [-0.1, -0.05) is 0 Å². The molecule has 1 unspecified atom stereocenters. The first-order valence-corrected chi connectivity index (χ1v) is 16.0. The Kier molecular flexibility index (Phi) is 8.33. The van der Waals surface area contributed by atoms with E-state index in [0.29, 0.717) is 43.0 Å². The molecule has 1 atom stereocenters. The van der Waals surface area contributed by atoms with Crippen LogP contribution in [0.5, 0.6) is 5.75 Å². The van der Waals surface area contributed by atoms with E-state index in [1.165, 1.54) is 11.3 Å². The molecule has 6 heterocycles. The molecule has 2 aliphatic rings. The van der Waals surface area contributed by atoms with Crippen molar-refractivity contribution in [1.29, 1.82) is 0 Å². The van der Waals surface area contributed by atoms with Gasteiger partial charge in [-0.25, -0.2) is 9.97 Å². The lowest BCUT2D eigenvalue weighted by molar-refractivity contribution is 0.0543. The highest BCUT2D eigenvalue weighted by Crippen LogP contribution is 2.28. The molecule has 11 nitrogen and oxygen atoms in total. The first-order chi connectivity index (χ1) is 22.0. The smallest absolute Gasteiger partial charge is 0.263 e. The van der Waals surface area contributed by atoms with Crippen molar-refractivity contribution in [2.75, 3.05) is 38.7 Å². The third kappa shape index (κ3) is 6.35. The summed E-state index contributed by atoms with van der Waals surface area (Å²) in [6.45, 7) is 3.13. The molecule has 0 spiro atoms. The van der Waals surface area contributed by atoms with Gasteiger partial charge in [-0.15, -0.1) is 11.3 Å². The van der Waals surface area contributed by atoms with Crippen molar-refractivity contribution in [3.8, 4) is 16.3 Å². The summed E-state index contributed by atoms with van der Waals surface area (Å²) >= 11 is 1.51. The Bertz CT molecular complexity index is 1870. The summed E-state index contributed by atoms with van der Waals surface area (Å²) in [6.07, 6.45) is 9.22. The molecular formula is C33H33N7O4S. The van der Waals surface area contributed by atoms with E-state index in [9.17, 15) is 9.59 Å². The van der Waals surface area contributed by atoms with E-state index in [4.69, 9.17) is 14.5 Å². The van der Waals surface area contributed by atoms with Crippen molar-refractivity contribution in [3.05, 3.63) is 88.0 Å². The minimum atomic E-state index is -0.392. The van der Waals surface area contributed by atoms with Gasteiger partial charge in [0.2, 0.25) is 5.95 Å². The summed E-state index contributed by atoms with van der Waals surface area (Å²) in [4.78, 5) is 48.1. The molecule has 7 rings (SSSR count). The van der Waals surface area contributed by atoms with Crippen LogP contribution in [0.15, 0.2) is 71.4 Å². The van der Waals surface area contributed by atoms with E-state index in [0.717, 1.165) is 47.1 Å². The minimum absolute atomic E-state index is 0.141. The predicted octanol–water partition coefficient (Wildman–Crippen LogP) is 4.79. The summed E-state index contributed by atoms with van der Waals surface area (Å²) in [5, 5.41) is 6.58. The highest BCUT2D eigenvalue weighted by atomic mass is 32.1. The number of anilines is 2. The lowest BCUT2D eigenvalue weighted by Crippen LogP contribution is -2.32. The van der Waals surface area contributed by atoms with Crippen LogP contribution in [0.4, 0.5) is 11.6 Å². The van der Waals surface area contributed by atoms with Crippen molar-refractivity contribution < 1.29 is 14.3 Å². The number of benzene rings is 1. The Hall–Kier alpha value is -4.52. The van der Waals surface area contributed by atoms with E-state index in [2.05, 4.69) is 32.2 Å². The lowest BCUT2D eigenvalue weighted by Gasteiger charge is -2.21. The second-order valence-corrected chi connectivity index (χ2v) is 12.4. The van der Waals surface area contributed by atoms with Crippen molar-refractivity contribution in [2.24, 2.45) is 5.92 Å². The molecule has 2 saturated heterocycles. The maximum absolute atomic E-state index is 14.1. The number of rotatable bonds is 9. The number of likely N-dealkylation sites (tertiary alicyclic amines) is 1. The topological polar surface area (TPSA) is 124 Å². The summed E-state index contributed by atoms with van der Waals surface area (Å²) < 4.78 is 13.1. The molecule has 0 aliphatic carbocycles. The fourth-order valence-corrected chi connectivity index (χ4v) is 6.64. The van der Waals surface area contributed by atoms with Gasteiger partial charge in [0.15, 0.2) is 5.78 Å². The number of ketones is 1. The number of carbonyl (C=O) groups is 1. The molecule has 1 N–H and O–H groups in total. The SMILES string of the molecule is CN1CCC(Oc2ccc(Nc3ncc4cc(C(=O)C5CCOCC5)c(=O)n(Cc5cnccc5-c5nccs5)c4n3)cc2)C1. The third-order valence-electron chi connectivity index (χ3n) is 8.34. The Morgan fingerprint density at radius 2 is 1.93 bits per heavy atom. The zero-order valence-electron chi connectivity index (χ0n) is 24.9. The summed E-state index contributed by atoms with van der Waals surface area (Å²) in [7, 11) is 2.10. The predicted molar refractivity (Wildman–Crippen MR) is 172 cm³/mol. The number of Topliss-reactive ketones (excluding diaryl/α,β-unsaturated/α-hetero) is 1. The van der Waals surface area contributed by atoms with Crippen LogP contribution in [0.2, 0.25) is 0 Å². The van der Waals surface area contributed by atoms with E-state index in [1.54, 1.807) is 35.4 Å². The summed E-state index contributed by atoms with van der Waals surface area (Å²) in [6, 6.07) is 11.2. The van der Waals surface area contributed by atoms with E-state index in [-0.39, 0.29) is 29.9 Å². The number of thiazole rings is 1. The highest BCUT2D eigenvalue weighted by Gasteiger charge is 2.27. The molecule has 0 saturated carbocycles. The van der Waals surface area contributed by atoms with Crippen LogP contribution < -0.4 is 15.6 Å². The molecule has 2 aliphatic heterocycles. The zero-order chi connectivity index (χ0) is 30.8. The summed E-state index contributed by atoms with van der Waals surface area (Å²) in [5.41, 5.74) is 2.62. The number of hydrogen-bond donors (Lipinski definition) is 1. The van der Waals surface area contributed by atoms with Gasteiger partial charge in [0, 0.05) is 84.6 Å². The number of ether oxygens (including phenoxy) is 2. The van der Waals surface area contributed by atoms with E-state index in [1.807, 2.05) is 35.7 Å². The number of nitrogens with one attached hydrogen (secondary N) is 1. The number of carbonyl (C=O) groups excluding carboxylic acids is 1. The second-order valence-electron chi connectivity index (χ2n) is 11.5. The first kappa shape index (κ1) is 29.2. The quantitative estimate of drug-likeness (QED) is 0.229. The first-order valence-electron chi connectivity index (χ1n) is 15.1. The number of likely N-dealkylation sites (N-methyl/N-ethyl adjacent to an activating group) is 1. The van der Waals surface area contributed by atoms with E-state index >= 15 is 0 Å². The van der Waals surface area contributed by atoms with Gasteiger partial charge in [-0.3, -0.25) is 19.1 Å². The van der Waals surface area contributed by atoms with Gasteiger partial charge < -0.3 is 19.7 Å². The van der Waals surface area contributed by atoms with Gasteiger partial charge in [0.1, 0.15) is 22.5 Å². The average Bonchev–Trinajstić information content (AvgIpc) is 3.76. The molecule has 5 aromatic rings. The number of nitrogens with zero attached hydrogens (tertiary/aromatic N) is 6. The Labute approximate surface area is 263 Å². The molecule has 0 amide bonds. The van der Waals surface area contributed by atoms with Crippen LogP contribution in [0.25, 0.3) is 21.6 Å². The number of aromatic nitrogens is 5. The van der Waals surface area contributed by atoms with E-state index < -0.39 is 5.56 Å². The van der Waals surface area contributed by atoms with Crippen LogP contribution in [0.3, 0.4) is 0 Å². The lowest BCUT2D eigenvalue weighted by atomic mass is 9.91. The minimum Gasteiger partial charge on any atom is -0.489 e. The van der Waals surface area contributed by atoms with Gasteiger partial charge in [0.05, 0.1) is 12.1 Å². The Morgan fingerprint density at radius 3 is 2.69 bits per heavy atom. The number of fused-ring (bicyclic) bond motifs is 1. The van der Waals surface area contributed by atoms with Gasteiger partial charge in [0.25, 0.3) is 5.56 Å². The molecular weight excluding hydrogens is 590 g/mol. The standard InChI is InChI=1S/C33H33N7O4S/c1-39-12-7-26(20-39)44-25-4-2-24(3-5-25)37-33-36-18-22-16-28(29(41)21-8-13-43-14-9-21)32(42)40(30(22)38-33)19-23-17-34-10-6-27(23)31-35-11-15-45-31/h2-6,10-11,15-18,21,26H,7-9,12-14,19-20H2,1H3,(H,36,37,38). The summed E-state index contributed by atoms with van der Waals surface area (Å²) in [5.74, 6) is 0.712. The van der Waals surface area contributed by atoms with Crippen LogP contribution in [0.1, 0.15) is 35.2 Å². The van der Waals surface area contributed by atoms with Gasteiger partial charge in [-0.05, 0) is 62.7 Å². The molecule has 2 fully saturated rings. The van der Waals surface area contributed by atoms with Crippen molar-refractivity contribution in [2.45, 2.75) is 31.9 Å². The monoisotopic (exact) mass is 623 g/mol. The number of hydrogen-bond acceptors (Lipinski definition) is 11. The fourth-order valence-electron chi connectivity index (χ4n) is 5.94. The van der Waals surface area contributed by atoms with Crippen molar-refractivity contribution in [3.63, 3.8) is 0 Å². The Morgan fingerprint density at radius 1 is 1.09 bits per heavy atom. The van der Waals surface area contributed by atoms with Crippen LogP contribution in [-0.2, 0) is 11.3 Å². The Balaban J connectivity index is 1.23. The normalized spacial score (nSPS) is 17.5. The molecule has 4 aromatic heterocycles. The van der Waals surface area contributed by atoms with Gasteiger partial charge in [-0.2, -0.15) is 4.98 Å². The molecule has 12 heteroatoms. The van der Waals surface area contributed by atoms with Crippen LogP contribution in [-0.4, -0.2) is 74.6 Å². The molecule has 230 valence electrons. The molecule has 0 bridgehead atoms. The third-order valence-corrected chi connectivity index (χ3v) is 9.15. The maximum Gasteiger partial charge on any atom is 0.263 e. The van der Waals surface area contributed by atoms with Crippen molar-refractivity contribution >= 4 is 39.8 Å². The highest BCUT2D eigenvalue weighted by molar-refractivity contribution is 7.13. The van der Waals surface area contributed by atoms with Crippen LogP contribution >= 0.6 is 11.3 Å². The largest absolute Gasteiger partial charge is 0.489 e. The fraction of sp³-hybridized carbons (Fsp3) is 0.333. The van der Waals surface area contributed by atoms with Crippen LogP contribution in [0, 0.1) is 5.92 Å². The zero-order valence-corrected chi connectivity index (χ0v) is 25.7. The maximum atomic E-state index is 14.1. The average molecular weight is 624 g/mol. The molecule has 0 radical (unpaired) electrons. The number of pyridine rings is 2. The van der Waals surface area contributed by atoms with Crippen molar-refractivity contribution in [1.82, 2.24) is 29.4 Å².